The van der Waals surface area contributed by atoms with Crippen LogP contribution < -0.4 is 0 Å². The van der Waals surface area contributed by atoms with E-state index in [-0.39, 0.29) is 23.9 Å². The molecule has 0 saturated heterocycles. The van der Waals surface area contributed by atoms with Gasteiger partial charge in [-0.05, 0) is 83.6 Å². The molecule has 58 heavy (non-hydrogen) atoms. The molecule has 3 heterocycles. The lowest BCUT2D eigenvalue weighted by molar-refractivity contribution is 0.302. The van der Waals surface area contributed by atoms with Crippen molar-refractivity contribution in [3.63, 3.8) is 0 Å². The molecule has 0 bridgehead atoms. The fourth-order valence-corrected chi connectivity index (χ4v) is 11.0. The fourth-order valence-electron chi connectivity index (χ4n) is 11.0. The van der Waals surface area contributed by atoms with Crippen molar-refractivity contribution in [1.82, 2.24) is 4.90 Å². The minimum absolute atomic E-state index is 0.144. The summed E-state index contributed by atoms with van der Waals surface area (Å²) < 4.78 is 7.37. The van der Waals surface area contributed by atoms with E-state index in [1.165, 1.54) is 55.9 Å². The third-order valence-electron chi connectivity index (χ3n) is 13.7. The monoisotopic (exact) mass is 751 g/mol. The van der Waals surface area contributed by atoms with E-state index in [1.807, 2.05) is 0 Å². The number of furan rings is 1. The zero-order chi connectivity index (χ0) is 38.2. The van der Waals surface area contributed by atoms with Gasteiger partial charge in [0.2, 0.25) is 0 Å². The van der Waals surface area contributed by atoms with E-state index in [2.05, 4.69) is 169 Å². The molecular formula is C54H45N3O. The lowest BCUT2D eigenvalue weighted by Gasteiger charge is -2.38. The second-order valence-corrected chi connectivity index (χ2v) is 16.8. The molecule has 6 aliphatic carbocycles. The standard InChI is InChI=1S/C54H45N3O/c1-3-15-34(16-4-1)51-53-50(44-23-11-12-24-46(44)55-51)49(37-31-32-43-41-21-8-7-19-39(41)40-20-9-10-22-42(40)45(43)33-37)52(58-53)35-27-29-36(30-28-35)54-56-47-25-13-14-26-48(47)57(54)38-17-5-2-6-18-38/h1-17,19-22,24-27,31-32,36,38,44-45,47-48H,18,23,28-30,33H2. The van der Waals surface area contributed by atoms with Gasteiger partial charge in [-0.15, -0.1) is 0 Å². The molecule has 8 aliphatic rings. The summed E-state index contributed by atoms with van der Waals surface area (Å²) >= 11 is 0. The Morgan fingerprint density at radius 1 is 0.655 bits per heavy atom. The Labute approximate surface area is 340 Å². The first-order chi connectivity index (χ1) is 28.8. The maximum atomic E-state index is 7.37. The van der Waals surface area contributed by atoms with Crippen LogP contribution in [0, 0.1) is 5.92 Å². The highest BCUT2D eigenvalue weighted by Crippen LogP contribution is 2.55. The van der Waals surface area contributed by atoms with Crippen LogP contribution in [-0.2, 0) is 0 Å². The second-order valence-electron chi connectivity index (χ2n) is 16.8. The van der Waals surface area contributed by atoms with Crippen LogP contribution in [-0.4, -0.2) is 34.6 Å². The summed E-state index contributed by atoms with van der Waals surface area (Å²) in [6.07, 6.45) is 37.9. The van der Waals surface area contributed by atoms with Crippen molar-refractivity contribution in [2.45, 2.75) is 68.5 Å². The van der Waals surface area contributed by atoms with Crippen LogP contribution in [0.4, 0.5) is 0 Å². The first-order valence-corrected chi connectivity index (χ1v) is 21.3. The van der Waals surface area contributed by atoms with E-state index in [0.29, 0.717) is 12.0 Å². The lowest BCUT2D eigenvalue weighted by Crippen LogP contribution is -2.47. The van der Waals surface area contributed by atoms with Crippen LogP contribution in [0.2, 0.25) is 0 Å². The van der Waals surface area contributed by atoms with E-state index in [0.717, 1.165) is 67.0 Å². The zero-order valence-corrected chi connectivity index (χ0v) is 32.5. The Bertz CT molecular complexity index is 2720. The van der Waals surface area contributed by atoms with Gasteiger partial charge in [-0.25, -0.2) is 4.99 Å². The molecular weight excluding hydrogens is 707 g/mol. The predicted octanol–water partition coefficient (Wildman–Crippen LogP) is 12.3. The van der Waals surface area contributed by atoms with Gasteiger partial charge < -0.3 is 9.32 Å². The normalized spacial score (nSPS) is 27.1. The Morgan fingerprint density at radius 2 is 1.47 bits per heavy atom. The highest BCUT2D eigenvalue weighted by Gasteiger charge is 2.43. The molecule has 282 valence electrons. The Hall–Kier alpha value is -6.26. The molecule has 0 radical (unpaired) electrons. The number of allylic oxidation sites excluding steroid dienone is 14. The number of nitrogens with zero attached hydrogens (tertiary/aromatic N) is 3. The molecule has 6 atom stereocenters. The molecule has 0 saturated carbocycles. The van der Waals surface area contributed by atoms with Gasteiger partial charge in [-0.1, -0.05) is 158 Å². The van der Waals surface area contributed by atoms with Gasteiger partial charge in [0.1, 0.15) is 17.3 Å². The summed E-state index contributed by atoms with van der Waals surface area (Å²) in [5, 5.41) is 0. The van der Waals surface area contributed by atoms with Crippen molar-refractivity contribution in [3.05, 3.63) is 209 Å². The molecule has 1 aromatic heterocycles. The second kappa shape index (κ2) is 13.7. The average molecular weight is 752 g/mol. The number of hydrogen-bond acceptors (Lipinski definition) is 4. The SMILES string of the molecule is C1=CCC2C(=C1)N=C(c1ccccc1)c1oc(C3=CCC(C4=NC5C=CC=CC5N4C4C=CC=CC4)CC3)c(C3=CC=C4c5ccccc5-c5ccccc5C4C3)c12. The molecule has 0 fully saturated rings. The highest BCUT2D eigenvalue weighted by atomic mass is 16.3. The van der Waals surface area contributed by atoms with Crippen molar-refractivity contribution < 1.29 is 4.42 Å². The van der Waals surface area contributed by atoms with E-state index in [4.69, 9.17) is 14.4 Å². The minimum Gasteiger partial charge on any atom is -0.454 e. The molecule has 4 nitrogen and oxygen atoms in total. The van der Waals surface area contributed by atoms with Gasteiger partial charge in [0, 0.05) is 40.1 Å². The number of amidine groups is 1. The summed E-state index contributed by atoms with van der Waals surface area (Å²) in [6.45, 7) is 0. The molecule has 4 aromatic rings. The Morgan fingerprint density at radius 3 is 2.33 bits per heavy atom. The van der Waals surface area contributed by atoms with E-state index >= 15 is 0 Å². The van der Waals surface area contributed by atoms with Crippen molar-refractivity contribution in [3.8, 4) is 11.1 Å². The number of hydrogen-bond donors (Lipinski definition) is 0. The molecule has 4 heteroatoms. The average Bonchev–Trinajstić information content (AvgIpc) is 3.90. The summed E-state index contributed by atoms with van der Waals surface area (Å²) in [5.41, 5.74) is 15.3. The molecule has 0 N–H and O–H groups in total. The maximum absolute atomic E-state index is 7.37. The largest absolute Gasteiger partial charge is 0.454 e. The van der Waals surface area contributed by atoms with Crippen LogP contribution >= 0.6 is 0 Å². The zero-order valence-electron chi connectivity index (χ0n) is 32.5. The third-order valence-corrected chi connectivity index (χ3v) is 13.7. The van der Waals surface area contributed by atoms with E-state index in [1.54, 1.807) is 0 Å². The smallest absolute Gasteiger partial charge is 0.158 e. The van der Waals surface area contributed by atoms with Gasteiger partial charge in [0.15, 0.2) is 5.76 Å². The summed E-state index contributed by atoms with van der Waals surface area (Å²) in [6, 6.07) is 29.5. The van der Waals surface area contributed by atoms with Crippen LogP contribution in [0.25, 0.3) is 27.8 Å². The Balaban J connectivity index is 0.990. The van der Waals surface area contributed by atoms with Gasteiger partial charge in [0.05, 0.1) is 18.1 Å². The molecule has 12 rings (SSSR count). The number of rotatable bonds is 5. The maximum Gasteiger partial charge on any atom is 0.158 e. The molecule has 3 aromatic carbocycles. The van der Waals surface area contributed by atoms with Crippen LogP contribution in [0.3, 0.4) is 0 Å². The van der Waals surface area contributed by atoms with Gasteiger partial charge >= 0.3 is 0 Å². The number of fused-ring (bicyclic) bond motifs is 10. The summed E-state index contributed by atoms with van der Waals surface area (Å²) in [5.74, 6) is 4.03. The van der Waals surface area contributed by atoms with E-state index < -0.39 is 0 Å². The minimum atomic E-state index is 0.144. The topological polar surface area (TPSA) is 41.1 Å². The summed E-state index contributed by atoms with van der Waals surface area (Å²) in [7, 11) is 0. The van der Waals surface area contributed by atoms with Crippen LogP contribution in [0.5, 0.6) is 0 Å². The van der Waals surface area contributed by atoms with Crippen molar-refractivity contribution >= 4 is 28.3 Å². The number of aliphatic imine (C=N–C) groups is 2. The van der Waals surface area contributed by atoms with Crippen LogP contribution in [0.1, 0.15) is 89.7 Å². The summed E-state index contributed by atoms with van der Waals surface area (Å²) in [4.78, 5) is 13.4. The molecule has 2 aliphatic heterocycles. The van der Waals surface area contributed by atoms with Gasteiger partial charge in [0.25, 0.3) is 0 Å². The van der Waals surface area contributed by atoms with E-state index in [9.17, 15) is 0 Å². The predicted molar refractivity (Wildman–Crippen MR) is 238 cm³/mol. The fraction of sp³-hybridized carbons (Fsp3) is 0.222. The Kier molecular flexibility index (Phi) is 7.99. The quantitative estimate of drug-likeness (QED) is 0.204. The molecule has 0 spiro atoms. The molecule has 0 amide bonds. The van der Waals surface area contributed by atoms with Crippen molar-refractivity contribution in [1.29, 1.82) is 0 Å². The highest BCUT2D eigenvalue weighted by molar-refractivity contribution is 6.14. The first-order valence-electron chi connectivity index (χ1n) is 21.3. The molecule has 6 unspecified atom stereocenters. The van der Waals surface area contributed by atoms with Gasteiger partial charge in [-0.2, -0.15) is 0 Å². The number of benzene rings is 3. The van der Waals surface area contributed by atoms with Crippen molar-refractivity contribution in [2.75, 3.05) is 0 Å². The van der Waals surface area contributed by atoms with Crippen LogP contribution in [0.15, 0.2) is 184 Å². The van der Waals surface area contributed by atoms with Gasteiger partial charge in [-0.3, -0.25) is 4.99 Å². The van der Waals surface area contributed by atoms with Crippen molar-refractivity contribution in [2.24, 2.45) is 15.9 Å². The lowest BCUT2D eigenvalue weighted by atomic mass is 9.69. The first kappa shape index (κ1) is 33.8. The third kappa shape index (κ3) is 5.34.